The van der Waals surface area contributed by atoms with Crippen LogP contribution >= 0.6 is 23.2 Å². The number of rotatable bonds is 5. The molecule has 0 aliphatic rings. The monoisotopic (exact) mass is 368 g/mol. The van der Waals surface area contributed by atoms with Crippen molar-refractivity contribution in [3.63, 3.8) is 0 Å². The van der Waals surface area contributed by atoms with Gasteiger partial charge in [0.2, 0.25) is 0 Å². The van der Waals surface area contributed by atoms with E-state index in [0.717, 1.165) is 5.56 Å². The van der Waals surface area contributed by atoms with Gasteiger partial charge in [0.15, 0.2) is 6.10 Å². The van der Waals surface area contributed by atoms with Gasteiger partial charge in [0.1, 0.15) is 5.75 Å². The summed E-state index contributed by atoms with van der Waals surface area (Å²) in [5.41, 5.74) is 0.921. The molecule has 1 unspecified atom stereocenters. The Balaban J connectivity index is 2.07. The van der Waals surface area contributed by atoms with E-state index in [4.69, 9.17) is 27.9 Å². The maximum absolute atomic E-state index is 12.2. The smallest absolute Gasteiger partial charge is 0.271 e. The summed E-state index contributed by atoms with van der Waals surface area (Å²) in [4.78, 5) is 22.3. The first-order chi connectivity index (χ1) is 11.3. The Morgan fingerprint density at radius 1 is 1.25 bits per heavy atom. The van der Waals surface area contributed by atoms with Crippen LogP contribution in [0.15, 0.2) is 36.4 Å². The molecule has 0 saturated heterocycles. The van der Waals surface area contributed by atoms with E-state index in [-0.39, 0.29) is 16.4 Å². The second-order valence-corrected chi connectivity index (χ2v) is 5.92. The maximum atomic E-state index is 12.2. The summed E-state index contributed by atoms with van der Waals surface area (Å²) in [7, 11) is 0. The number of ether oxygens (including phenoxy) is 1. The molecule has 2 rings (SSSR count). The van der Waals surface area contributed by atoms with E-state index in [9.17, 15) is 14.9 Å². The molecule has 0 aliphatic heterocycles. The third kappa shape index (κ3) is 4.37. The van der Waals surface area contributed by atoms with Crippen LogP contribution in [0.4, 0.5) is 11.4 Å². The van der Waals surface area contributed by atoms with Gasteiger partial charge in [0, 0.05) is 17.2 Å². The summed E-state index contributed by atoms with van der Waals surface area (Å²) in [6.07, 6.45) is -0.795. The topological polar surface area (TPSA) is 81.5 Å². The van der Waals surface area contributed by atoms with E-state index < -0.39 is 16.9 Å². The Hall–Kier alpha value is -2.31. The number of amides is 1. The van der Waals surface area contributed by atoms with Gasteiger partial charge >= 0.3 is 0 Å². The Kier molecular flexibility index (Phi) is 5.64. The molecule has 1 N–H and O–H groups in total. The van der Waals surface area contributed by atoms with Crippen molar-refractivity contribution in [2.45, 2.75) is 20.0 Å². The summed E-state index contributed by atoms with van der Waals surface area (Å²) in [6, 6.07) is 8.89. The number of nitro benzene ring substituents is 1. The van der Waals surface area contributed by atoms with E-state index in [0.29, 0.717) is 10.8 Å². The van der Waals surface area contributed by atoms with Crippen molar-refractivity contribution in [2.75, 3.05) is 5.32 Å². The van der Waals surface area contributed by atoms with Crippen LogP contribution in [-0.2, 0) is 4.79 Å². The number of nitrogens with one attached hydrogen (secondary N) is 1. The number of hydrogen-bond donors (Lipinski definition) is 1. The molecule has 8 heteroatoms. The zero-order valence-electron chi connectivity index (χ0n) is 12.9. The van der Waals surface area contributed by atoms with Gasteiger partial charge in [-0.15, -0.1) is 0 Å². The molecule has 24 heavy (non-hydrogen) atoms. The molecule has 0 bridgehead atoms. The normalized spacial score (nSPS) is 11.7. The number of aryl methyl sites for hydroxylation is 1. The van der Waals surface area contributed by atoms with Crippen molar-refractivity contribution < 1.29 is 14.5 Å². The molecule has 0 radical (unpaired) electrons. The van der Waals surface area contributed by atoms with E-state index in [1.165, 1.54) is 18.2 Å². The van der Waals surface area contributed by atoms with Crippen LogP contribution in [0.2, 0.25) is 10.0 Å². The summed E-state index contributed by atoms with van der Waals surface area (Å²) < 4.78 is 5.61. The average Bonchev–Trinajstić information content (AvgIpc) is 2.51. The van der Waals surface area contributed by atoms with Gasteiger partial charge in [-0.2, -0.15) is 0 Å². The highest BCUT2D eigenvalue weighted by molar-refractivity contribution is 6.34. The number of carbonyl (C=O) groups is 1. The molecule has 126 valence electrons. The number of non-ortho nitro benzene ring substituents is 1. The number of carbonyl (C=O) groups excluding carboxylic acids is 1. The molecule has 0 spiro atoms. The zero-order chi connectivity index (χ0) is 17.9. The SMILES string of the molecule is Cc1cc(Cl)ccc1OC(C)C(=O)Nc1ccc([N+](=O)[O-])cc1Cl. The first-order valence-electron chi connectivity index (χ1n) is 6.95. The number of hydrogen-bond acceptors (Lipinski definition) is 4. The lowest BCUT2D eigenvalue weighted by Gasteiger charge is -2.16. The number of benzene rings is 2. The molecule has 1 atom stereocenters. The van der Waals surface area contributed by atoms with Crippen molar-refractivity contribution >= 4 is 40.5 Å². The lowest BCUT2D eigenvalue weighted by molar-refractivity contribution is -0.384. The molecule has 0 saturated carbocycles. The quantitative estimate of drug-likeness (QED) is 0.616. The first kappa shape index (κ1) is 18.0. The van der Waals surface area contributed by atoms with E-state index in [1.807, 2.05) is 6.92 Å². The molecule has 2 aromatic carbocycles. The minimum Gasteiger partial charge on any atom is -0.481 e. The molecule has 0 fully saturated rings. The Labute approximate surface area is 148 Å². The van der Waals surface area contributed by atoms with Crippen LogP contribution in [0, 0.1) is 17.0 Å². The van der Waals surface area contributed by atoms with Gasteiger partial charge < -0.3 is 10.1 Å². The van der Waals surface area contributed by atoms with Gasteiger partial charge in [-0.1, -0.05) is 23.2 Å². The molecule has 6 nitrogen and oxygen atoms in total. The van der Waals surface area contributed by atoms with E-state index >= 15 is 0 Å². The maximum Gasteiger partial charge on any atom is 0.271 e. The largest absolute Gasteiger partial charge is 0.481 e. The van der Waals surface area contributed by atoms with Crippen molar-refractivity contribution in [3.8, 4) is 5.75 Å². The highest BCUT2D eigenvalue weighted by Gasteiger charge is 2.18. The van der Waals surface area contributed by atoms with Gasteiger partial charge in [0.05, 0.1) is 15.6 Å². The van der Waals surface area contributed by atoms with Crippen molar-refractivity contribution in [2.24, 2.45) is 0 Å². The van der Waals surface area contributed by atoms with Gasteiger partial charge in [-0.05, 0) is 43.7 Å². The summed E-state index contributed by atoms with van der Waals surface area (Å²) >= 11 is 11.8. The Bertz CT molecular complexity index is 796. The van der Waals surface area contributed by atoms with Crippen LogP contribution < -0.4 is 10.1 Å². The Morgan fingerprint density at radius 3 is 2.54 bits per heavy atom. The Morgan fingerprint density at radius 2 is 1.96 bits per heavy atom. The number of halogens is 2. The summed E-state index contributed by atoms with van der Waals surface area (Å²) in [5, 5.41) is 13.9. The summed E-state index contributed by atoms with van der Waals surface area (Å²) in [5.74, 6) is 0.108. The average molecular weight is 369 g/mol. The predicted octanol–water partition coefficient (Wildman–Crippen LogP) is 4.62. The molecular weight excluding hydrogens is 355 g/mol. The minimum absolute atomic E-state index is 0.0763. The third-order valence-corrected chi connectivity index (χ3v) is 3.78. The van der Waals surface area contributed by atoms with Crippen LogP contribution in [-0.4, -0.2) is 16.9 Å². The minimum atomic E-state index is -0.795. The lowest BCUT2D eigenvalue weighted by Crippen LogP contribution is -2.30. The fourth-order valence-electron chi connectivity index (χ4n) is 1.94. The van der Waals surface area contributed by atoms with E-state index in [2.05, 4.69) is 5.32 Å². The molecule has 0 aliphatic carbocycles. The predicted molar refractivity (Wildman–Crippen MR) is 93.0 cm³/mol. The lowest BCUT2D eigenvalue weighted by atomic mass is 10.2. The van der Waals surface area contributed by atoms with Crippen LogP contribution in [0.1, 0.15) is 12.5 Å². The molecular formula is C16H14Cl2N2O4. The molecule has 2 aromatic rings. The standard InChI is InChI=1S/C16H14Cl2N2O4/c1-9-7-11(17)3-6-15(9)24-10(2)16(21)19-14-5-4-12(20(22)23)8-13(14)18/h3-8,10H,1-2H3,(H,19,21). The fourth-order valence-corrected chi connectivity index (χ4v) is 2.39. The fraction of sp³-hybridized carbons (Fsp3) is 0.188. The van der Waals surface area contributed by atoms with Crippen molar-refractivity contribution in [3.05, 3.63) is 62.1 Å². The second kappa shape index (κ2) is 7.51. The van der Waals surface area contributed by atoms with Crippen molar-refractivity contribution in [1.29, 1.82) is 0 Å². The van der Waals surface area contributed by atoms with Gasteiger partial charge in [-0.25, -0.2) is 0 Å². The van der Waals surface area contributed by atoms with E-state index in [1.54, 1.807) is 25.1 Å². The third-order valence-electron chi connectivity index (χ3n) is 3.23. The van der Waals surface area contributed by atoms with Crippen LogP contribution in [0.3, 0.4) is 0 Å². The first-order valence-corrected chi connectivity index (χ1v) is 7.71. The number of nitrogens with zero attached hydrogens (tertiary/aromatic N) is 1. The van der Waals surface area contributed by atoms with Crippen LogP contribution in [0.25, 0.3) is 0 Å². The zero-order valence-corrected chi connectivity index (χ0v) is 14.4. The number of nitro groups is 1. The summed E-state index contributed by atoms with van der Waals surface area (Å²) in [6.45, 7) is 3.40. The highest BCUT2D eigenvalue weighted by Crippen LogP contribution is 2.27. The van der Waals surface area contributed by atoms with Gasteiger partial charge in [-0.3, -0.25) is 14.9 Å². The highest BCUT2D eigenvalue weighted by atomic mass is 35.5. The molecule has 0 heterocycles. The van der Waals surface area contributed by atoms with Crippen molar-refractivity contribution in [1.82, 2.24) is 0 Å². The molecule has 1 amide bonds. The second-order valence-electron chi connectivity index (χ2n) is 5.08. The van der Waals surface area contributed by atoms with Crippen LogP contribution in [0.5, 0.6) is 5.75 Å². The number of anilines is 1. The molecule has 0 aromatic heterocycles. The van der Waals surface area contributed by atoms with Gasteiger partial charge in [0.25, 0.3) is 11.6 Å².